The third-order valence-corrected chi connectivity index (χ3v) is 4.21. The van der Waals surface area contributed by atoms with Crippen LogP contribution in [0.5, 0.6) is 11.5 Å². The molecule has 1 aromatic heterocycles. The number of aliphatic imine (C=N–C) groups is 1. The fraction of sp³-hybridized carbons (Fsp3) is 0.286. The topological polar surface area (TPSA) is 96.5 Å². The average molecular weight is 394 g/mol. The van der Waals surface area contributed by atoms with Crippen molar-refractivity contribution in [1.82, 2.24) is 25.8 Å². The van der Waals surface area contributed by atoms with E-state index in [0.717, 1.165) is 22.9 Å². The van der Waals surface area contributed by atoms with Crippen molar-refractivity contribution in [2.75, 3.05) is 27.3 Å². The lowest BCUT2D eigenvalue weighted by Gasteiger charge is -2.11. The maximum absolute atomic E-state index is 5.70. The Morgan fingerprint density at radius 1 is 1.03 bits per heavy atom. The van der Waals surface area contributed by atoms with E-state index < -0.39 is 0 Å². The van der Waals surface area contributed by atoms with Gasteiger partial charge < -0.3 is 20.1 Å². The Balaban J connectivity index is 1.43. The van der Waals surface area contributed by atoms with E-state index in [4.69, 9.17) is 9.47 Å². The maximum atomic E-state index is 5.70. The fourth-order valence-corrected chi connectivity index (χ4v) is 2.60. The van der Waals surface area contributed by atoms with Crippen molar-refractivity contribution in [1.29, 1.82) is 0 Å². The first kappa shape index (κ1) is 20.2. The summed E-state index contributed by atoms with van der Waals surface area (Å²) in [5.74, 6) is 3.67. The van der Waals surface area contributed by atoms with Gasteiger partial charge >= 0.3 is 0 Å². The first-order valence-electron chi connectivity index (χ1n) is 9.37. The zero-order valence-corrected chi connectivity index (χ0v) is 16.9. The molecule has 0 radical (unpaired) electrons. The Morgan fingerprint density at radius 2 is 1.76 bits per heavy atom. The lowest BCUT2D eigenvalue weighted by Crippen LogP contribution is -2.39. The summed E-state index contributed by atoms with van der Waals surface area (Å²) in [7, 11) is 3.36. The van der Waals surface area contributed by atoms with Gasteiger partial charge in [0.2, 0.25) is 0 Å². The lowest BCUT2D eigenvalue weighted by atomic mass is 10.2. The first-order valence-corrected chi connectivity index (χ1v) is 9.37. The average Bonchev–Trinajstić information content (AvgIpc) is 3.23. The standard InChI is InChI=1S/C21H26N6O2/c1-15-4-8-18(9-5-15)29-13-12-23-21(22-2)24-14-19-25-20(27-26-19)16-6-10-17(28-3)11-7-16/h4-11H,12-14H2,1-3H3,(H2,22,23,24)(H,25,26,27). The number of hydrogen-bond donors (Lipinski definition) is 3. The molecular formula is C21H26N6O2. The van der Waals surface area contributed by atoms with Gasteiger partial charge in [-0.3, -0.25) is 10.1 Å². The molecule has 8 heteroatoms. The van der Waals surface area contributed by atoms with Crippen molar-refractivity contribution in [2.45, 2.75) is 13.5 Å². The van der Waals surface area contributed by atoms with Gasteiger partial charge in [-0.1, -0.05) is 17.7 Å². The molecule has 0 saturated carbocycles. The van der Waals surface area contributed by atoms with Crippen molar-refractivity contribution >= 4 is 5.96 Å². The van der Waals surface area contributed by atoms with Crippen LogP contribution < -0.4 is 20.1 Å². The molecule has 0 aliphatic carbocycles. The van der Waals surface area contributed by atoms with Gasteiger partial charge in [0.1, 0.15) is 23.9 Å². The summed E-state index contributed by atoms with van der Waals surface area (Å²) >= 11 is 0. The highest BCUT2D eigenvalue weighted by molar-refractivity contribution is 5.79. The number of ether oxygens (including phenoxy) is 2. The van der Waals surface area contributed by atoms with Crippen LogP contribution in [0.25, 0.3) is 11.4 Å². The van der Waals surface area contributed by atoms with E-state index in [1.54, 1.807) is 14.2 Å². The van der Waals surface area contributed by atoms with Crippen LogP contribution in [0.15, 0.2) is 53.5 Å². The van der Waals surface area contributed by atoms with Gasteiger partial charge in [0, 0.05) is 12.6 Å². The Morgan fingerprint density at radius 3 is 2.45 bits per heavy atom. The number of nitrogens with one attached hydrogen (secondary N) is 3. The fourth-order valence-electron chi connectivity index (χ4n) is 2.60. The lowest BCUT2D eigenvalue weighted by molar-refractivity contribution is 0.322. The Kier molecular flexibility index (Phi) is 7.05. The molecule has 0 amide bonds. The summed E-state index contributed by atoms with van der Waals surface area (Å²) in [4.78, 5) is 8.71. The molecular weight excluding hydrogens is 368 g/mol. The number of aryl methyl sites for hydroxylation is 1. The van der Waals surface area contributed by atoms with Crippen LogP contribution >= 0.6 is 0 Å². The van der Waals surface area contributed by atoms with E-state index in [-0.39, 0.29) is 0 Å². The summed E-state index contributed by atoms with van der Waals surface area (Å²) in [5.41, 5.74) is 2.13. The second-order valence-electron chi connectivity index (χ2n) is 6.35. The molecule has 2 aromatic carbocycles. The molecule has 0 bridgehead atoms. The van der Waals surface area contributed by atoms with Gasteiger partial charge in [-0.2, -0.15) is 5.10 Å². The van der Waals surface area contributed by atoms with Crippen LogP contribution in [-0.4, -0.2) is 48.5 Å². The van der Waals surface area contributed by atoms with Crippen molar-refractivity contribution in [3.8, 4) is 22.9 Å². The number of methoxy groups -OCH3 is 1. The maximum Gasteiger partial charge on any atom is 0.191 e. The number of H-pyrrole nitrogens is 1. The molecule has 0 unspecified atom stereocenters. The summed E-state index contributed by atoms with van der Waals surface area (Å²) in [6.45, 7) is 3.69. The van der Waals surface area contributed by atoms with Gasteiger partial charge in [0.15, 0.2) is 11.8 Å². The molecule has 0 fully saturated rings. The number of aromatic nitrogens is 3. The zero-order chi connectivity index (χ0) is 20.5. The summed E-state index contributed by atoms with van der Waals surface area (Å²) < 4.78 is 10.9. The number of hydrogen-bond acceptors (Lipinski definition) is 5. The third kappa shape index (κ3) is 5.97. The van der Waals surface area contributed by atoms with Crippen LogP contribution in [0.2, 0.25) is 0 Å². The minimum Gasteiger partial charge on any atom is -0.497 e. The number of rotatable bonds is 8. The van der Waals surface area contributed by atoms with E-state index in [0.29, 0.717) is 31.5 Å². The molecule has 0 aliphatic heterocycles. The van der Waals surface area contributed by atoms with Crippen molar-refractivity contribution in [3.63, 3.8) is 0 Å². The van der Waals surface area contributed by atoms with Crippen LogP contribution in [-0.2, 0) is 6.54 Å². The predicted molar refractivity (Wildman–Crippen MR) is 113 cm³/mol. The van der Waals surface area contributed by atoms with Crippen molar-refractivity contribution < 1.29 is 9.47 Å². The van der Waals surface area contributed by atoms with E-state index in [1.165, 1.54) is 5.56 Å². The highest BCUT2D eigenvalue weighted by atomic mass is 16.5. The zero-order valence-electron chi connectivity index (χ0n) is 16.9. The second kappa shape index (κ2) is 10.1. The molecule has 0 atom stereocenters. The van der Waals surface area contributed by atoms with Gasteiger partial charge in [-0.25, -0.2) is 4.98 Å². The second-order valence-corrected chi connectivity index (χ2v) is 6.35. The van der Waals surface area contributed by atoms with Crippen LogP contribution in [0.4, 0.5) is 0 Å². The van der Waals surface area contributed by atoms with E-state index in [1.807, 2.05) is 48.5 Å². The quantitative estimate of drug-likeness (QED) is 0.309. The Bertz CT molecular complexity index is 919. The molecule has 152 valence electrons. The largest absolute Gasteiger partial charge is 0.497 e. The molecule has 0 spiro atoms. The minimum absolute atomic E-state index is 0.474. The van der Waals surface area contributed by atoms with Crippen LogP contribution in [0.3, 0.4) is 0 Å². The predicted octanol–water partition coefficient (Wildman–Crippen LogP) is 2.53. The van der Waals surface area contributed by atoms with Gasteiger partial charge in [-0.05, 0) is 43.3 Å². The van der Waals surface area contributed by atoms with E-state index in [9.17, 15) is 0 Å². The summed E-state index contributed by atoms with van der Waals surface area (Å²) in [5, 5.41) is 13.6. The Hall–Kier alpha value is -3.55. The molecule has 0 saturated heterocycles. The van der Waals surface area contributed by atoms with E-state index in [2.05, 4.69) is 37.7 Å². The van der Waals surface area contributed by atoms with Crippen LogP contribution in [0, 0.1) is 6.92 Å². The molecule has 29 heavy (non-hydrogen) atoms. The highest BCUT2D eigenvalue weighted by Crippen LogP contribution is 2.18. The molecule has 0 aliphatic rings. The van der Waals surface area contributed by atoms with Gasteiger partial charge in [-0.15, -0.1) is 0 Å². The van der Waals surface area contributed by atoms with Crippen molar-refractivity contribution in [2.24, 2.45) is 4.99 Å². The molecule has 3 rings (SSSR count). The summed E-state index contributed by atoms with van der Waals surface area (Å²) in [6.07, 6.45) is 0. The van der Waals surface area contributed by atoms with E-state index >= 15 is 0 Å². The third-order valence-electron chi connectivity index (χ3n) is 4.21. The molecule has 8 nitrogen and oxygen atoms in total. The highest BCUT2D eigenvalue weighted by Gasteiger charge is 2.07. The smallest absolute Gasteiger partial charge is 0.191 e. The molecule has 3 aromatic rings. The number of guanidine groups is 1. The van der Waals surface area contributed by atoms with Gasteiger partial charge in [0.25, 0.3) is 0 Å². The first-order chi connectivity index (χ1) is 14.2. The Labute approximate surface area is 170 Å². The summed E-state index contributed by atoms with van der Waals surface area (Å²) in [6, 6.07) is 15.6. The molecule has 1 heterocycles. The van der Waals surface area contributed by atoms with Crippen molar-refractivity contribution in [3.05, 3.63) is 59.9 Å². The normalized spacial score (nSPS) is 11.2. The van der Waals surface area contributed by atoms with Crippen LogP contribution in [0.1, 0.15) is 11.4 Å². The van der Waals surface area contributed by atoms with Gasteiger partial charge in [0.05, 0.1) is 20.2 Å². The number of benzene rings is 2. The SMILES string of the molecule is CN=C(NCCOc1ccc(C)cc1)NCc1nc(-c2ccc(OC)cc2)n[nH]1. The molecule has 3 N–H and O–H groups in total. The minimum atomic E-state index is 0.474. The number of nitrogens with zero attached hydrogens (tertiary/aromatic N) is 3. The number of aromatic amines is 1. The monoisotopic (exact) mass is 394 g/mol.